The van der Waals surface area contributed by atoms with Crippen LogP contribution in [0.2, 0.25) is 0 Å². The number of imidazole rings is 1. The van der Waals surface area contributed by atoms with Gasteiger partial charge in [-0.1, -0.05) is 12.1 Å². The second-order valence-electron chi connectivity index (χ2n) is 6.84. The summed E-state index contributed by atoms with van der Waals surface area (Å²) in [5.41, 5.74) is 2.02. The molecular weight excluding hydrogens is 304 g/mol. The van der Waals surface area contributed by atoms with E-state index in [4.69, 9.17) is 0 Å². The molecule has 126 valence electrons. The lowest BCUT2D eigenvalue weighted by Crippen LogP contribution is -2.49. The summed E-state index contributed by atoms with van der Waals surface area (Å²) in [7, 11) is 1.86. The number of benzene rings is 1. The number of nitrogens with zero attached hydrogens (tertiary/aromatic N) is 4. The molecule has 0 N–H and O–H groups in total. The van der Waals surface area contributed by atoms with Gasteiger partial charge in [0, 0.05) is 39.5 Å². The van der Waals surface area contributed by atoms with E-state index in [2.05, 4.69) is 4.98 Å². The highest BCUT2D eigenvalue weighted by Gasteiger charge is 2.41. The average Bonchev–Trinajstić information content (AvgIpc) is 3.14. The lowest BCUT2D eigenvalue weighted by molar-refractivity contribution is -0.135. The lowest BCUT2D eigenvalue weighted by Gasteiger charge is -2.37. The maximum atomic E-state index is 12.6. The van der Waals surface area contributed by atoms with E-state index in [1.165, 1.54) is 0 Å². The van der Waals surface area contributed by atoms with Gasteiger partial charge in [-0.2, -0.15) is 0 Å². The summed E-state index contributed by atoms with van der Waals surface area (Å²) in [6.45, 7) is 2.08. The molecule has 2 amide bonds. The minimum Gasteiger partial charge on any atom is -0.341 e. The predicted molar refractivity (Wildman–Crippen MR) is 90.2 cm³/mol. The zero-order chi connectivity index (χ0) is 16.7. The van der Waals surface area contributed by atoms with Crippen LogP contribution >= 0.6 is 0 Å². The smallest absolute Gasteiger partial charge is 0.224 e. The number of piperidine rings is 1. The molecule has 2 aliphatic heterocycles. The second kappa shape index (κ2) is 5.92. The van der Waals surface area contributed by atoms with Crippen molar-refractivity contribution in [1.82, 2.24) is 19.4 Å². The van der Waals surface area contributed by atoms with Crippen LogP contribution in [0, 0.1) is 5.92 Å². The molecule has 2 aromatic rings. The predicted octanol–water partition coefficient (Wildman–Crippen LogP) is 1.51. The van der Waals surface area contributed by atoms with Crippen LogP contribution in [0.1, 0.15) is 19.3 Å². The Hall–Kier alpha value is -2.37. The largest absolute Gasteiger partial charge is 0.341 e. The molecule has 1 aromatic carbocycles. The molecule has 3 heterocycles. The molecule has 1 aromatic heterocycles. The third-order valence-electron chi connectivity index (χ3n) is 5.50. The molecule has 0 unspecified atom stereocenters. The van der Waals surface area contributed by atoms with Gasteiger partial charge < -0.3 is 14.4 Å². The Labute approximate surface area is 141 Å². The van der Waals surface area contributed by atoms with E-state index in [-0.39, 0.29) is 17.9 Å². The monoisotopic (exact) mass is 326 g/mol. The summed E-state index contributed by atoms with van der Waals surface area (Å²) in [5.74, 6) is 0.798. The first-order valence-corrected chi connectivity index (χ1v) is 8.57. The minimum absolute atomic E-state index is 0.166. The van der Waals surface area contributed by atoms with Crippen LogP contribution in [0.25, 0.3) is 11.0 Å². The molecule has 0 radical (unpaired) electrons. The van der Waals surface area contributed by atoms with Crippen molar-refractivity contribution in [3.05, 3.63) is 30.6 Å². The maximum Gasteiger partial charge on any atom is 0.224 e. The quantitative estimate of drug-likeness (QED) is 0.859. The highest BCUT2D eigenvalue weighted by molar-refractivity contribution is 5.80. The van der Waals surface area contributed by atoms with Crippen molar-refractivity contribution in [3.8, 4) is 0 Å². The third-order valence-corrected chi connectivity index (χ3v) is 5.50. The van der Waals surface area contributed by atoms with Gasteiger partial charge in [0.25, 0.3) is 0 Å². The van der Waals surface area contributed by atoms with E-state index in [1.807, 2.05) is 45.7 Å². The Balaban J connectivity index is 1.39. The van der Waals surface area contributed by atoms with Crippen LogP contribution < -0.4 is 0 Å². The van der Waals surface area contributed by atoms with Crippen molar-refractivity contribution in [2.45, 2.75) is 31.8 Å². The van der Waals surface area contributed by atoms with E-state index >= 15 is 0 Å². The number of hydrogen-bond donors (Lipinski definition) is 0. The van der Waals surface area contributed by atoms with Crippen molar-refractivity contribution in [2.75, 3.05) is 20.1 Å². The SMILES string of the molecule is CN1C(=O)C[C@H]2CCN(C(=O)CCn3cnc4ccccc43)C[C@H]21. The van der Waals surface area contributed by atoms with E-state index < -0.39 is 0 Å². The van der Waals surface area contributed by atoms with Gasteiger partial charge in [0.05, 0.1) is 23.4 Å². The fraction of sp³-hybridized carbons (Fsp3) is 0.500. The number of likely N-dealkylation sites (tertiary alicyclic amines) is 2. The van der Waals surface area contributed by atoms with Gasteiger partial charge in [-0.15, -0.1) is 0 Å². The molecule has 24 heavy (non-hydrogen) atoms. The topological polar surface area (TPSA) is 58.4 Å². The number of amides is 2. The molecule has 6 heteroatoms. The number of carbonyl (C=O) groups excluding carboxylic acids is 2. The zero-order valence-corrected chi connectivity index (χ0v) is 13.9. The van der Waals surface area contributed by atoms with Gasteiger partial charge in [0.2, 0.25) is 11.8 Å². The van der Waals surface area contributed by atoms with Gasteiger partial charge >= 0.3 is 0 Å². The van der Waals surface area contributed by atoms with E-state index in [0.717, 1.165) is 24.0 Å². The molecule has 2 saturated heterocycles. The summed E-state index contributed by atoms with van der Waals surface area (Å²) in [6, 6.07) is 8.15. The molecule has 0 bridgehead atoms. The van der Waals surface area contributed by atoms with E-state index in [9.17, 15) is 9.59 Å². The number of fused-ring (bicyclic) bond motifs is 2. The number of aryl methyl sites for hydroxylation is 1. The number of hydrogen-bond acceptors (Lipinski definition) is 3. The Bertz CT molecular complexity index is 784. The molecule has 0 saturated carbocycles. The highest BCUT2D eigenvalue weighted by Crippen LogP contribution is 2.31. The van der Waals surface area contributed by atoms with E-state index in [1.54, 1.807) is 6.33 Å². The number of aromatic nitrogens is 2. The van der Waals surface area contributed by atoms with Gasteiger partial charge in [0.15, 0.2) is 0 Å². The molecule has 2 fully saturated rings. The summed E-state index contributed by atoms with van der Waals surface area (Å²) < 4.78 is 2.03. The van der Waals surface area contributed by atoms with Crippen LogP contribution in [0.4, 0.5) is 0 Å². The van der Waals surface area contributed by atoms with Crippen molar-refractivity contribution < 1.29 is 9.59 Å². The van der Waals surface area contributed by atoms with Crippen molar-refractivity contribution in [3.63, 3.8) is 0 Å². The molecule has 2 atom stereocenters. The fourth-order valence-corrected chi connectivity index (χ4v) is 4.00. The highest BCUT2D eigenvalue weighted by atomic mass is 16.2. The van der Waals surface area contributed by atoms with Gasteiger partial charge in [-0.05, 0) is 24.5 Å². The number of likely N-dealkylation sites (N-methyl/N-ethyl adjacent to an activating group) is 1. The number of rotatable bonds is 3. The maximum absolute atomic E-state index is 12.6. The summed E-state index contributed by atoms with van der Waals surface area (Å²) in [5, 5.41) is 0. The fourth-order valence-electron chi connectivity index (χ4n) is 4.00. The average molecular weight is 326 g/mol. The first-order valence-electron chi connectivity index (χ1n) is 8.57. The molecular formula is C18H22N4O2. The van der Waals surface area contributed by atoms with Gasteiger partial charge in [-0.25, -0.2) is 4.98 Å². The minimum atomic E-state index is 0.166. The van der Waals surface area contributed by atoms with Crippen LogP contribution in [-0.4, -0.2) is 57.3 Å². The first kappa shape index (κ1) is 15.2. The van der Waals surface area contributed by atoms with Gasteiger partial charge in [-0.3, -0.25) is 9.59 Å². The summed E-state index contributed by atoms with van der Waals surface area (Å²) in [6.07, 6.45) is 3.84. The van der Waals surface area contributed by atoms with Crippen molar-refractivity contribution in [1.29, 1.82) is 0 Å². The normalized spacial score (nSPS) is 23.8. The second-order valence-corrected chi connectivity index (χ2v) is 6.84. The molecule has 0 spiro atoms. The molecule has 6 nitrogen and oxygen atoms in total. The van der Waals surface area contributed by atoms with Crippen LogP contribution in [0.15, 0.2) is 30.6 Å². The van der Waals surface area contributed by atoms with Crippen molar-refractivity contribution >= 4 is 22.8 Å². The Kier molecular flexibility index (Phi) is 3.75. The number of carbonyl (C=O) groups is 2. The standard InChI is InChI=1S/C18H22N4O2/c1-20-16-11-21(8-6-13(16)10-18(20)24)17(23)7-9-22-12-19-14-4-2-3-5-15(14)22/h2-5,12-13,16H,6-11H2,1H3/t13-,16-/m1/s1. The zero-order valence-electron chi connectivity index (χ0n) is 13.9. The Morgan fingerprint density at radius 3 is 3.04 bits per heavy atom. The summed E-state index contributed by atoms with van der Waals surface area (Å²) in [4.78, 5) is 32.5. The van der Waals surface area contributed by atoms with E-state index in [0.29, 0.717) is 31.8 Å². The number of para-hydroxylation sites is 2. The van der Waals surface area contributed by atoms with Crippen LogP contribution in [0.3, 0.4) is 0 Å². The van der Waals surface area contributed by atoms with Crippen LogP contribution in [0.5, 0.6) is 0 Å². The molecule has 4 rings (SSSR count). The lowest BCUT2D eigenvalue weighted by atomic mass is 9.92. The van der Waals surface area contributed by atoms with Gasteiger partial charge in [0.1, 0.15) is 0 Å². The molecule has 2 aliphatic rings. The Morgan fingerprint density at radius 2 is 2.17 bits per heavy atom. The summed E-state index contributed by atoms with van der Waals surface area (Å²) >= 11 is 0. The molecule has 0 aliphatic carbocycles. The van der Waals surface area contributed by atoms with Crippen LogP contribution in [-0.2, 0) is 16.1 Å². The first-order chi connectivity index (χ1) is 11.6. The third kappa shape index (κ3) is 2.56. The Morgan fingerprint density at radius 1 is 1.33 bits per heavy atom. The van der Waals surface area contributed by atoms with Crippen molar-refractivity contribution in [2.24, 2.45) is 5.92 Å².